The highest BCUT2D eigenvalue weighted by Crippen LogP contribution is 2.33. The number of para-hydroxylation sites is 2. The Labute approximate surface area is 112 Å². The van der Waals surface area contributed by atoms with Gasteiger partial charge in [-0.2, -0.15) is 0 Å². The van der Waals surface area contributed by atoms with E-state index in [2.05, 4.69) is 4.98 Å². The molecule has 100 valence electrons. The molecule has 0 fully saturated rings. The number of ether oxygens (including phenoxy) is 2. The van der Waals surface area contributed by atoms with Gasteiger partial charge in [-0.1, -0.05) is 12.1 Å². The second-order valence-corrected chi connectivity index (χ2v) is 4.06. The first-order valence-corrected chi connectivity index (χ1v) is 6.25. The number of hydrogen-bond acceptors (Lipinski definition) is 4. The Morgan fingerprint density at radius 1 is 1.16 bits per heavy atom. The second kappa shape index (κ2) is 6.20. The normalized spacial score (nSPS) is 11.9. The Bertz CT molecular complexity index is 540. The third kappa shape index (κ3) is 3.23. The molecule has 1 heterocycles. The van der Waals surface area contributed by atoms with Gasteiger partial charge in [-0.15, -0.1) is 0 Å². The van der Waals surface area contributed by atoms with Crippen LogP contribution in [0.15, 0.2) is 42.6 Å². The summed E-state index contributed by atoms with van der Waals surface area (Å²) in [6.07, 6.45) is 0.993. The lowest BCUT2D eigenvalue weighted by atomic mass is 10.2. The van der Waals surface area contributed by atoms with E-state index in [0.29, 0.717) is 29.5 Å². The van der Waals surface area contributed by atoms with Crippen molar-refractivity contribution in [2.75, 3.05) is 6.61 Å². The average Bonchev–Trinajstić information content (AvgIpc) is 2.42. The first-order valence-electron chi connectivity index (χ1n) is 6.25. The van der Waals surface area contributed by atoms with Crippen molar-refractivity contribution < 1.29 is 14.6 Å². The molecule has 0 amide bonds. The van der Waals surface area contributed by atoms with Crippen LogP contribution in [-0.4, -0.2) is 16.7 Å². The number of nitrogens with zero attached hydrogens (tertiary/aromatic N) is 1. The van der Waals surface area contributed by atoms with Crippen molar-refractivity contribution in [3.05, 3.63) is 48.2 Å². The molecular weight excluding hydrogens is 242 g/mol. The van der Waals surface area contributed by atoms with Gasteiger partial charge in [0.2, 0.25) is 5.88 Å². The summed E-state index contributed by atoms with van der Waals surface area (Å²) in [5.41, 5.74) is 0.647. The van der Waals surface area contributed by atoms with Crippen molar-refractivity contribution in [1.82, 2.24) is 4.98 Å². The zero-order chi connectivity index (χ0) is 13.7. The van der Waals surface area contributed by atoms with Crippen LogP contribution in [-0.2, 0) is 0 Å². The van der Waals surface area contributed by atoms with Gasteiger partial charge >= 0.3 is 0 Å². The van der Waals surface area contributed by atoms with Crippen molar-refractivity contribution in [3.8, 4) is 17.4 Å². The minimum absolute atomic E-state index is 0.393. The molecule has 0 spiro atoms. The Morgan fingerprint density at radius 3 is 2.58 bits per heavy atom. The fraction of sp³-hybridized carbons (Fsp3) is 0.267. The minimum atomic E-state index is -0.636. The SMILES string of the molecule is CCOc1ccccc1Oc1ncccc1[C@H](C)O. The molecule has 2 aromatic rings. The summed E-state index contributed by atoms with van der Waals surface area (Å²) in [6, 6.07) is 10.9. The maximum atomic E-state index is 9.70. The Balaban J connectivity index is 2.31. The molecule has 4 nitrogen and oxygen atoms in total. The number of hydrogen-bond donors (Lipinski definition) is 1. The molecule has 0 radical (unpaired) electrons. The molecule has 0 saturated heterocycles. The van der Waals surface area contributed by atoms with Gasteiger partial charge in [0, 0.05) is 11.8 Å². The first-order chi connectivity index (χ1) is 9.22. The molecule has 1 aromatic heterocycles. The lowest BCUT2D eigenvalue weighted by Crippen LogP contribution is -2.00. The van der Waals surface area contributed by atoms with Gasteiger partial charge in [0.25, 0.3) is 0 Å². The number of aliphatic hydroxyl groups is 1. The summed E-state index contributed by atoms with van der Waals surface area (Å²) in [6.45, 7) is 4.16. The predicted octanol–water partition coefficient (Wildman–Crippen LogP) is 3.33. The Hall–Kier alpha value is -2.07. The molecule has 0 unspecified atom stereocenters. The molecule has 0 aliphatic heterocycles. The molecule has 0 bridgehead atoms. The monoisotopic (exact) mass is 259 g/mol. The zero-order valence-corrected chi connectivity index (χ0v) is 11.0. The number of pyridine rings is 1. The average molecular weight is 259 g/mol. The maximum absolute atomic E-state index is 9.70. The lowest BCUT2D eigenvalue weighted by molar-refractivity contribution is 0.194. The summed E-state index contributed by atoms with van der Waals surface area (Å²) in [7, 11) is 0. The molecule has 2 rings (SSSR count). The van der Waals surface area contributed by atoms with Gasteiger partial charge in [0.05, 0.1) is 12.7 Å². The van der Waals surface area contributed by atoms with E-state index >= 15 is 0 Å². The van der Waals surface area contributed by atoms with E-state index in [4.69, 9.17) is 9.47 Å². The Morgan fingerprint density at radius 2 is 1.89 bits per heavy atom. The number of aliphatic hydroxyl groups excluding tert-OH is 1. The summed E-state index contributed by atoms with van der Waals surface area (Å²) < 4.78 is 11.3. The quantitative estimate of drug-likeness (QED) is 0.894. The van der Waals surface area contributed by atoms with E-state index in [1.807, 2.05) is 31.2 Å². The molecule has 1 N–H and O–H groups in total. The lowest BCUT2D eigenvalue weighted by Gasteiger charge is -2.14. The van der Waals surface area contributed by atoms with Crippen LogP contribution in [0.5, 0.6) is 17.4 Å². The van der Waals surface area contributed by atoms with E-state index in [-0.39, 0.29) is 0 Å². The van der Waals surface area contributed by atoms with Gasteiger partial charge in [0.15, 0.2) is 11.5 Å². The van der Waals surface area contributed by atoms with Crippen LogP contribution in [0.25, 0.3) is 0 Å². The van der Waals surface area contributed by atoms with Gasteiger partial charge in [0.1, 0.15) is 0 Å². The molecule has 0 aliphatic carbocycles. The summed E-state index contributed by atoms with van der Waals surface area (Å²) in [5.74, 6) is 1.64. The van der Waals surface area contributed by atoms with E-state index in [1.54, 1.807) is 25.3 Å². The van der Waals surface area contributed by atoms with E-state index < -0.39 is 6.10 Å². The van der Waals surface area contributed by atoms with E-state index in [9.17, 15) is 5.11 Å². The third-order valence-electron chi connectivity index (χ3n) is 2.61. The third-order valence-corrected chi connectivity index (χ3v) is 2.61. The molecule has 0 aliphatic rings. The smallest absolute Gasteiger partial charge is 0.225 e. The summed E-state index contributed by atoms with van der Waals surface area (Å²) in [5, 5.41) is 9.70. The summed E-state index contributed by atoms with van der Waals surface area (Å²) >= 11 is 0. The molecule has 19 heavy (non-hydrogen) atoms. The fourth-order valence-corrected chi connectivity index (χ4v) is 1.72. The maximum Gasteiger partial charge on any atom is 0.225 e. The summed E-state index contributed by atoms with van der Waals surface area (Å²) in [4.78, 5) is 4.16. The van der Waals surface area contributed by atoms with Crippen LogP contribution in [0.3, 0.4) is 0 Å². The van der Waals surface area contributed by atoms with Crippen molar-refractivity contribution in [3.63, 3.8) is 0 Å². The van der Waals surface area contributed by atoms with Crippen molar-refractivity contribution >= 4 is 0 Å². The van der Waals surface area contributed by atoms with Crippen molar-refractivity contribution in [2.24, 2.45) is 0 Å². The van der Waals surface area contributed by atoms with Crippen LogP contribution in [0.1, 0.15) is 25.5 Å². The fourth-order valence-electron chi connectivity index (χ4n) is 1.72. The topological polar surface area (TPSA) is 51.6 Å². The molecule has 4 heteroatoms. The van der Waals surface area contributed by atoms with Crippen LogP contribution < -0.4 is 9.47 Å². The highest BCUT2D eigenvalue weighted by atomic mass is 16.5. The Kier molecular flexibility index (Phi) is 4.36. The van der Waals surface area contributed by atoms with Crippen molar-refractivity contribution in [2.45, 2.75) is 20.0 Å². The van der Waals surface area contributed by atoms with Crippen LogP contribution in [0.2, 0.25) is 0 Å². The zero-order valence-electron chi connectivity index (χ0n) is 11.0. The predicted molar refractivity (Wildman–Crippen MR) is 72.6 cm³/mol. The molecule has 0 saturated carbocycles. The number of aromatic nitrogens is 1. The largest absolute Gasteiger partial charge is 0.490 e. The highest BCUT2D eigenvalue weighted by Gasteiger charge is 2.12. The van der Waals surface area contributed by atoms with Crippen LogP contribution >= 0.6 is 0 Å². The van der Waals surface area contributed by atoms with Crippen LogP contribution in [0.4, 0.5) is 0 Å². The van der Waals surface area contributed by atoms with Gasteiger partial charge in [-0.3, -0.25) is 0 Å². The second-order valence-electron chi connectivity index (χ2n) is 4.06. The highest BCUT2D eigenvalue weighted by molar-refractivity contribution is 5.43. The standard InChI is InChI=1S/C15H17NO3/c1-3-18-13-8-4-5-9-14(13)19-15-12(11(2)17)7-6-10-16-15/h4-11,17H,3H2,1-2H3/t11-/m0/s1. The minimum Gasteiger partial charge on any atom is -0.490 e. The number of benzene rings is 1. The molecular formula is C15H17NO3. The number of rotatable bonds is 5. The molecule has 1 atom stereocenters. The van der Waals surface area contributed by atoms with Gasteiger partial charge in [-0.05, 0) is 38.1 Å². The first kappa shape index (κ1) is 13.4. The van der Waals surface area contributed by atoms with E-state index in [1.165, 1.54) is 0 Å². The molecule has 1 aromatic carbocycles. The van der Waals surface area contributed by atoms with E-state index in [0.717, 1.165) is 0 Å². The van der Waals surface area contributed by atoms with Gasteiger partial charge < -0.3 is 14.6 Å². The van der Waals surface area contributed by atoms with Crippen molar-refractivity contribution in [1.29, 1.82) is 0 Å². The van der Waals surface area contributed by atoms with Gasteiger partial charge in [-0.25, -0.2) is 4.98 Å². The van der Waals surface area contributed by atoms with Crippen LogP contribution in [0, 0.1) is 0 Å².